The van der Waals surface area contributed by atoms with Crippen molar-refractivity contribution in [2.75, 3.05) is 13.2 Å². The Morgan fingerprint density at radius 3 is 3.06 bits per heavy atom. The van der Waals surface area contributed by atoms with Gasteiger partial charge in [-0.15, -0.1) is 0 Å². The maximum Gasteiger partial charge on any atom is 0.244 e. The largest absolute Gasteiger partial charge is 0.396 e. The molecule has 1 aromatic heterocycles. The fourth-order valence-electron chi connectivity index (χ4n) is 1.21. The summed E-state index contributed by atoms with van der Waals surface area (Å²) in [6.45, 7) is 0.762. The van der Waals surface area contributed by atoms with Crippen LogP contribution in [-0.2, 0) is 11.8 Å². The van der Waals surface area contributed by atoms with E-state index in [2.05, 4.69) is 10.4 Å². The van der Waals surface area contributed by atoms with Gasteiger partial charge in [-0.2, -0.15) is 5.10 Å². The van der Waals surface area contributed by atoms with Crippen molar-refractivity contribution in [1.82, 2.24) is 15.1 Å². The minimum absolute atomic E-state index is 0.123. The number of aliphatic hydroxyl groups excluding tert-OH is 1. The van der Waals surface area contributed by atoms with Crippen LogP contribution in [0.1, 0.15) is 18.4 Å². The molecule has 0 saturated heterocycles. The van der Waals surface area contributed by atoms with E-state index in [9.17, 15) is 4.79 Å². The molecule has 0 radical (unpaired) electrons. The normalized spacial score (nSPS) is 10.9. The summed E-state index contributed by atoms with van der Waals surface area (Å²) in [7, 11) is 1.83. The lowest BCUT2D eigenvalue weighted by atomic mass is 10.3. The molecule has 0 unspecified atom stereocenters. The molecule has 5 nitrogen and oxygen atoms in total. The fourth-order valence-corrected chi connectivity index (χ4v) is 1.21. The maximum atomic E-state index is 11.3. The summed E-state index contributed by atoms with van der Waals surface area (Å²) in [6.07, 6.45) is 8.23. The van der Waals surface area contributed by atoms with Crippen molar-refractivity contribution in [2.24, 2.45) is 7.05 Å². The molecule has 0 aliphatic heterocycles. The second-order valence-electron chi connectivity index (χ2n) is 3.50. The fraction of sp³-hybridized carbons (Fsp3) is 0.455. The van der Waals surface area contributed by atoms with Crippen LogP contribution in [0.4, 0.5) is 0 Å². The first-order chi connectivity index (χ1) is 7.72. The second-order valence-corrected chi connectivity index (χ2v) is 3.50. The zero-order valence-corrected chi connectivity index (χ0v) is 9.39. The Kier molecular flexibility index (Phi) is 5.28. The molecule has 0 atom stereocenters. The highest BCUT2D eigenvalue weighted by molar-refractivity contribution is 5.91. The van der Waals surface area contributed by atoms with Crippen LogP contribution in [0, 0.1) is 0 Å². The molecule has 88 valence electrons. The van der Waals surface area contributed by atoms with Crippen LogP contribution < -0.4 is 5.32 Å². The van der Waals surface area contributed by atoms with Gasteiger partial charge in [0, 0.05) is 38.0 Å². The molecule has 1 aromatic rings. The third kappa shape index (κ3) is 4.75. The molecular weight excluding hydrogens is 206 g/mol. The van der Waals surface area contributed by atoms with Crippen molar-refractivity contribution in [1.29, 1.82) is 0 Å². The molecule has 5 heteroatoms. The van der Waals surface area contributed by atoms with Crippen LogP contribution in [0.2, 0.25) is 0 Å². The summed E-state index contributed by atoms with van der Waals surface area (Å²) in [5, 5.41) is 15.3. The number of carbonyl (C=O) groups excluding carboxylic acids is 1. The first-order valence-electron chi connectivity index (χ1n) is 5.28. The van der Waals surface area contributed by atoms with Crippen LogP contribution in [0.15, 0.2) is 18.5 Å². The van der Waals surface area contributed by atoms with Gasteiger partial charge < -0.3 is 10.4 Å². The number of hydrogen-bond donors (Lipinski definition) is 2. The highest BCUT2D eigenvalue weighted by atomic mass is 16.2. The highest BCUT2D eigenvalue weighted by Gasteiger charge is 1.95. The van der Waals surface area contributed by atoms with E-state index < -0.39 is 0 Å². The minimum Gasteiger partial charge on any atom is -0.396 e. The summed E-state index contributed by atoms with van der Waals surface area (Å²) in [5.41, 5.74) is 0.896. The Morgan fingerprint density at radius 2 is 2.44 bits per heavy atom. The number of carbonyl (C=O) groups is 1. The van der Waals surface area contributed by atoms with Gasteiger partial charge in [0.05, 0.1) is 6.20 Å². The number of amides is 1. The molecule has 0 saturated carbocycles. The smallest absolute Gasteiger partial charge is 0.244 e. The molecule has 0 fully saturated rings. The summed E-state index contributed by atoms with van der Waals surface area (Å²) in [6, 6.07) is 0. The zero-order valence-electron chi connectivity index (χ0n) is 9.39. The molecule has 1 rings (SSSR count). The lowest BCUT2D eigenvalue weighted by Gasteiger charge is -1.99. The van der Waals surface area contributed by atoms with Crippen LogP contribution in [0.25, 0.3) is 6.08 Å². The van der Waals surface area contributed by atoms with E-state index in [-0.39, 0.29) is 12.5 Å². The van der Waals surface area contributed by atoms with Crippen LogP contribution in [0.5, 0.6) is 0 Å². The molecule has 0 aliphatic carbocycles. The van der Waals surface area contributed by atoms with E-state index in [0.717, 1.165) is 12.0 Å². The van der Waals surface area contributed by atoms with E-state index in [1.54, 1.807) is 17.0 Å². The number of hydrogen-bond acceptors (Lipinski definition) is 3. The standard InChI is InChI=1S/C11H17N3O2/c1-14-9-10(8-13-14)4-5-11(16)12-6-2-3-7-15/h4-5,8-9,15H,2-3,6-7H2,1H3,(H,12,16)/b5-4+. The van der Waals surface area contributed by atoms with Gasteiger partial charge in [0.2, 0.25) is 5.91 Å². The van der Waals surface area contributed by atoms with Crippen LogP contribution in [0.3, 0.4) is 0 Å². The third-order valence-corrected chi connectivity index (χ3v) is 2.04. The molecule has 1 amide bonds. The first-order valence-corrected chi connectivity index (χ1v) is 5.28. The number of nitrogens with one attached hydrogen (secondary N) is 1. The van der Waals surface area contributed by atoms with Crippen molar-refractivity contribution in [2.45, 2.75) is 12.8 Å². The van der Waals surface area contributed by atoms with Gasteiger partial charge in [-0.25, -0.2) is 0 Å². The van der Waals surface area contributed by atoms with E-state index in [1.165, 1.54) is 6.08 Å². The Balaban J connectivity index is 2.26. The number of aromatic nitrogens is 2. The number of aryl methyl sites for hydroxylation is 1. The van der Waals surface area contributed by atoms with Crippen molar-refractivity contribution >= 4 is 12.0 Å². The van der Waals surface area contributed by atoms with E-state index in [1.807, 2.05) is 13.2 Å². The van der Waals surface area contributed by atoms with Gasteiger partial charge in [0.15, 0.2) is 0 Å². The van der Waals surface area contributed by atoms with Gasteiger partial charge in [-0.1, -0.05) is 0 Å². The molecule has 16 heavy (non-hydrogen) atoms. The lowest BCUT2D eigenvalue weighted by molar-refractivity contribution is -0.116. The molecule has 2 N–H and O–H groups in total. The summed E-state index contributed by atoms with van der Waals surface area (Å²) in [5.74, 6) is -0.123. The zero-order chi connectivity index (χ0) is 11.8. The van der Waals surface area contributed by atoms with Gasteiger partial charge in [0.1, 0.15) is 0 Å². The van der Waals surface area contributed by atoms with Gasteiger partial charge >= 0.3 is 0 Å². The average molecular weight is 223 g/mol. The predicted octanol–water partition coefficient (Wildman–Crippen LogP) is 0.322. The summed E-state index contributed by atoms with van der Waals surface area (Å²) < 4.78 is 1.68. The number of nitrogens with zero attached hydrogens (tertiary/aromatic N) is 2. The monoisotopic (exact) mass is 223 g/mol. The second kappa shape index (κ2) is 6.79. The minimum atomic E-state index is -0.123. The van der Waals surface area contributed by atoms with Crippen LogP contribution >= 0.6 is 0 Å². The number of unbranched alkanes of at least 4 members (excludes halogenated alkanes) is 1. The highest BCUT2D eigenvalue weighted by Crippen LogP contribution is 1.98. The first kappa shape index (κ1) is 12.4. The number of aliphatic hydroxyl groups is 1. The van der Waals surface area contributed by atoms with E-state index in [0.29, 0.717) is 13.0 Å². The van der Waals surface area contributed by atoms with Gasteiger partial charge in [-0.3, -0.25) is 9.48 Å². The Bertz CT molecular complexity index is 358. The van der Waals surface area contributed by atoms with Crippen LogP contribution in [-0.4, -0.2) is 33.9 Å². The average Bonchev–Trinajstić information content (AvgIpc) is 2.68. The van der Waals surface area contributed by atoms with Crippen molar-refractivity contribution < 1.29 is 9.90 Å². The molecule has 0 bridgehead atoms. The molecule has 1 heterocycles. The summed E-state index contributed by atoms with van der Waals surface area (Å²) in [4.78, 5) is 11.3. The van der Waals surface area contributed by atoms with Crippen molar-refractivity contribution in [3.8, 4) is 0 Å². The third-order valence-electron chi connectivity index (χ3n) is 2.04. The summed E-state index contributed by atoms with van der Waals surface area (Å²) >= 11 is 0. The van der Waals surface area contributed by atoms with Crippen molar-refractivity contribution in [3.05, 3.63) is 24.0 Å². The molecule has 0 spiro atoms. The Labute approximate surface area is 94.8 Å². The Morgan fingerprint density at radius 1 is 1.62 bits per heavy atom. The number of rotatable bonds is 6. The molecule has 0 aromatic carbocycles. The van der Waals surface area contributed by atoms with E-state index >= 15 is 0 Å². The topological polar surface area (TPSA) is 67.2 Å². The van der Waals surface area contributed by atoms with Gasteiger partial charge in [-0.05, 0) is 18.9 Å². The van der Waals surface area contributed by atoms with E-state index in [4.69, 9.17) is 5.11 Å². The van der Waals surface area contributed by atoms with Crippen molar-refractivity contribution in [3.63, 3.8) is 0 Å². The predicted molar refractivity (Wildman–Crippen MR) is 61.6 cm³/mol. The lowest BCUT2D eigenvalue weighted by Crippen LogP contribution is -2.22. The molecular formula is C11H17N3O2. The Hall–Kier alpha value is -1.62. The SMILES string of the molecule is Cn1cc(/C=C/C(=O)NCCCCO)cn1. The molecule has 0 aliphatic rings. The van der Waals surface area contributed by atoms with Gasteiger partial charge in [0.25, 0.3) is 0 Å². The quantitative estimate of drug-likeness (QED) is 0.539. The maximum absolute atomic E-state index is 11.3.